The molecule has 1 saturated carbocycles. The molecule has 2 atom stereocenters. The molecule has 0 bridgehead atoms. The van der Waals surface area contributed by atoms with Crippen LogP contribution >= 0.6 is 22.9 Å². The Bertz CT molecular complexity index is 715. The number of aliphatic carboxylic acids is 1. The Kier molecular flexibility index (Phi) is 3.82. The highest BCUT2D eigenvalue weighted by molar-refractivity contribution is 7.16. The first-order valence-electron chi connectivity index (χ1n) is 6.61. The summed E-state index contributed by atoms with van der Waals surface area (Å²) in [5.74, 6) is -1.71. The van der Waals surface area contributed by atoms with Crippen molar-refractivity contribution < 1.29 is 14.7 Å². The van der Waals surface area contributed by atoms with E-state index in [1.54, 1.807) is 11.6 Å². The number of nitrogens with zero attached hydrogens (tertiary/aromatic N) is 1. The Morgan fingerprint density at radius 2 is 2.10 bits per heavy atom. The summed E-state index contributed by atoms with van der Waals surface area (Å²) in [6, 6.07) is 3.59. The number of anilines is 1. The molecule has 0 radical (unpaired) electrons. The number of thiazole rings is 1. The van der Waals surface area contributed by atoms with Crippen molar-refractivity contribution in [2.24, 2.45) is 11.8 Å². The Hall–Kier alpha value is -1.66. The van der Waals surface area contributed by atoms with Crippen molar-refractivity contribution in [3.63, 3.8) is 0 Å². The number of benzene rings is 1. The van der Waals surface area contributed by atoms with E-state index >= 15 is 0 Å². The molecule has 0 aliphatic heterocycles. The monoisotopic (exact) mass is 324 g/mol. The maximum absolute atomic E-state index is 12.3. The molecule has 3 rings (SSSR count). The highest BCUT2D eigenvalue weighted by Crippen LogP contribution is 2.35. The lowest BCUT2D eigenvalue weighted by Gasteiger charge is -2.12. The zero-order chi connectivity index (χ0) is 15.0. The number of carbonyl (C=O) groups is 2. The van der Waals surface area contributed by atoms with Gasteiger partial charge in [0.05, 0.1) is 26.8 Å². The number of fused-ring (bicyclic) bond motifs is 1. The molecule has 0 saturated heterocycles. The van der Waals surface area contributed by atoms with Gasteiger partial charge in [-0.25, -0.2) is 4.98 Å². The summed E-state index contributed by atoms with van der Waals surface area (Å²) in [7, 11) is 0. The highest BCUT2D eigenvalue weighted by Gasteiger charge is 2.34. The van der Waals surface area contributed by atoms with E-state index in [1.807, 2.05) is 6.07 Å². The van der Waals surface area contributed by atoms with E-state index in [2.05, 4.69) is 10.3 Å². The van der Waals surface area contributed by atoms with E-state index in [0.717, 1.165) is 4.70 Å². The third-order valence-corrected chi connectivity index (χ3v) is 4.96. The quantitative estimate of drug-likeness (QED) is 0.907. The molecule has 2 N–H and O–H groups in total. The van der Waals surface area contributed by atoms with Crippen molar-refractivity contribution in [2.45, 2.75) is 19.3 Å². The molecule has 1 aliphatic rings. The number of nitrogens with one attached hydrogen (secondary N) is 1. The summed E-state index contributed by atoms with van der Waals surface area (Å²) >= 11 is 7.62. The van der Waals surface area contributed by atoms with E-state index in [4.69, 9.17) is 16.7 Å². The molecule has 21 heavy (non-hydrogen) atoms. The normalized spacial score (nSPS) is 21.6. The van der Waals surface area contributed by atoms with Crippen molar-refractivity contribution in [2.75, 3.05) is 5.32 Å². The molecule has 0 unspecified atom stereocenters. The van der Waals surface area contributed by atoms with Crippen molar-refractivity contribution in [1.82, 2.24) is 4.98 Å². The lowest BCUT2D eigenvalue weighted by Crippen LogP contribution is -2.22. The Labute approximate surface area is 129 Å². The predicted octanol–water partition coefficient (Wildman–Crippen LogP) is 3.39. The van der Waals surface area contributed by atoms with Gasteiger partial charge in [-0.2, -0.15) is 0 Å². The van der Waals surface area contributed by atoms with Crippen molar-refractivity contribution in [1.29, 1.82) is 0 Å². The molecular weight excluding hydrogens is 312 g/mol. The number of hydrogen-bond acceptors (Lipinski definition) is 4. The maximum Gasteiger partial charge on any atom is 0.306 e. The topological polar surface area (TPSA) is 79.3 Å². The first-order chi connectivity index (χ1) is 10.1. The summed E-state index contributed by atoms with van der Waals surface area (Å²) in [4.78, 5) is 27.5. The van der Waals surface area contributed by atoms with Crippen LogP contribution in [0.3, 0.4) is 0 Å². The van der Waals surface area contributed by atoms with Crippen LogP contribution in [0, 0.1) is 11.8 Å². The minimum atomic E-state index is -0.829. The number of carboxylic acids is 1. The van der Waals surface area contributed by atoms with Crippen LogP contribution in [0.25, 0.3) is 10.2 Å². The lowest BCUT2D eigenvalue weighted by atomic mass is 10.0. The molecule has 1 aliphatic carbocycles. The molecular formula is C14H13ClN2O3S. The zero-order valence-electron chi connectivity index (χ0n) is 11.0. The predicted molar refractivity (Wildman–Crippen MR) is 81.7 cm³/mol. The van der Waals surface area contributed by atoms with Crippen LogP contribution in [0.2, 0.25) is 5.02 Å². The molecule has 0 spiro atoms. The van der Waals surface area contributed by atoms with Crippen LogP contribution in [-0.2, 0) is 9.59 Å². The molecule has 1 amide bonds. The number of hydrogen-bond donors (Lipinski definition) is 2. The number of aromatic nitrogens is 1. The van der Waals surface area contributed by atoms with Crippen LogP contribution in [0.5, 0.6) is 0 Å². The van der Waals surface area contributed by atoms with Crippen LogP contribution in [0.4, 0.5) is 5.69 Å². The average Bonchev–Trinajstić information content (AvgIpc) is 3.09. The first kappa shape index (κ1) is 14.3. The van der Waals surface area contributed by atoms with Gasteiger partial charge in [0.25, 0.3) is 0 Å². The van der Waals surface area contributed by atoms with Gasteiger partial charge in [-0.05, 0) is 31.4 Å². The van der Waals surface area contributed by atoms with Crippen molar-refractivity contribution in [3.05, 3.63) is 22.7 Å². The largest absolute Gasteiger partial charge is 0.481 e. The second-order valence-electron chi connectivity index (χ2n) is 5.16. The van der Waals surface area contributed by atoms with Gasteiger partial charge in [-0.3, -0.25) is 9.59 Å². The number of carbonyl (C=O) groups excluding carboxylic acids is 1. The standard InChI is InChI=1S/C14H13ClN2O3S/c15-9-3-4-10-12(16-6-21-10)11(9)17-13(18)7-1-2-8(5-7)14(19)20/h3-4,6-8H,1-2,5H2,(H,17,18)(H,19,20)/t7-,8+/m1/s1. The minimum Gasteiger partial charge on any atom is -0.481 e. The van der Waals surface area contributed by atoms with Gasteiger partial charge in [-0.1, -0.05) is 11.6 Å². The van der Waals surface area contributed by atoms with Gasteiger partial charge < -0.3 is 10.4 Å². The fourth-order valence-corrected chi connectivity index (χ4v) is 3.58. The summed E-state index contributed by atoms with van der Waals surface area (Å²) < 4.78 is 0.949. The minimum absolute atomic E-state index is 0.179. The molecule has 7 heteroatoms. The number of carboxylic acid groups (broad SMARTS) is 1. The second-order valence-corrected chi connectivity index (χ2v) is 6.45. The second kappa shape index (κ2) is 5.61. The third-order valence-electron chi connectivity index (χ3n) is 3.85. The Balaban J connectivity index is 1.79. The van der Waals surface area contributed by atoms with E-state index in [0.29, 0.717) is 35.5 Å². The summed E-state index contributed by atoms with van der Waals surface area (Å²) in [6.45, 7) is 0. The van der Waals surface area contributed by atoms with Crippen LogP contribution in [0.15, 0.2) is 17.6 Å². The first-order valence-corrected chi connectivity index (χ1v) is 7.87. The molecule has 2 aromatic rings. The molecule has 5 nitrogen and oxygen atoms in total. The number of amides is 1. The van der Waals surface area contributed by atoms with Gasteiger partial charge in [0.15, 0.2) is 0 Å². The molecule has 1 fully saturated rings. The number of rotatable bonds is 3. The molecule has 1 heterocycles. The summed E-state index contributed by atoms with van der Waals surface area (Å²) in [5, 5.41) is 12.3. The van der Waals surface area contributed by atoms with Gasteiger partial charge in [0.2, 0.25) is 5.91 Å². The average molecular weight is 325 g/mol. The van der Waals surface area contributed by atoms with Gasteiger partial charge in [-0.15, -0.1) is 11.3 Å². The maximum atomic E-state index is 12.3. The zero-order valence-corrected chi connectivity index (χ0v) is 12.6. The van der Waals surface area contributed by atoms with Gasteiger partial charge in [0, 0.05) is 5.92 Å². The fraction of sp³-hybridized carbons (Fsp3) is 0.357. The van der Waals surface area contributed by atoms with Crippen LogP contribution in [0.1, 0.15) is 19.3 Å². The summed E-state index contributed by atoms with van der Waals surface area (Å²) in [5.41, 5.74) is 2.89. The van der Waals surface area contributed by atoms with E-state index in [9.17, 15) is 9.59 Å². The number of halogens is 1. The lowest BCUT2D eigenvalue weighted by molar-refractivity contribution is -0.141. The summed E-state index contributed by atoms with van der Waals surface area (Å²) in [6.07, 6.45) is 1.52. The smallest absolute Gasteiger partial charge is 0.306 e. The van der Waals surface area contributed by atoms with Crippen molar-refractivity contribution in [3.8, 4) is 0 Å². The van der Waals surface area contributed by atoms with E-state index in [1.165, 1.54) is 11.3 Å². The Morgan fingerprint density at radius 1 is 1.33 bits per heavy atom. The SMILES string of the molecule is O=C(O)[C@H]1CC[C@@H](C(=O)Nc2c(Cl)ccc3scnc23)C1. The Morgan fingerprint density at radius 3 is 2.81 bits per heavy atom. The van der Waals surface area contributed by atoms with Gasteiger partial charge >= 0.3 is 5.97 Å². The highest BCUT2D eigenvalue weighted by atomic mass is 35.5. The molecule has 1 aromatic heterocycles. The molecule has 110 valence electrons. The fourth-order valence-electron chi connectivity index (χ4n) is 2.69. The van der Waals surface area contributed by atoms with E-state index in [-0.39, 0.29) is 11.8 Å². The van der Waals surface area contributed by atoms with Crippen molar-refractivity contribution >= 4 is 50.7 Å². The third kappa shape index (κ3) is 2.73. The van der Waals surface area contributed by atoms with Gasteiger partial charge in [0.1, 0.15) is 5.52 Å². The van der Waals surface area contributed by atoms with Crippen LogP contribution < -0.4 is 5.32 Å². The molecule has 1 aromatic carbocycles. The van der Waals surface area contributed by atoms with Crippen LogP contribution in [-0.4, -0.2) is 22.0 Å². The van der Waals surface area contributed by atoms with E-state index < -0.39 is 11.9 Å².